The van der Waals surface area contributed by atoms with E-state index in [1.165, 1.54) is 0 Å². The number of sulfonamides is 1. The molecule has 0 saturated carbocycles. The highest BCUT2D eigenvalue weighted by Crippen LogP contribution is 2.27. The molecule has 0 radical (unpaired) electrons. The molecule has 0 bridgehead atoms. The third-order valence-corrected chi connectivity index (χ3v) is 4.84. The fourth-order valence-electron chi connectivity index (χ4n) is 1.75. The van der Waals surface area contributed by atoms with Crippen LogP contribution >= 0.6 is 15.9 Å². The average Bonchev–Trinajstić information content (AvgIpc) is 2.75. The topological polar surface area (TPSA) is 95.1 Å². The van der Waals surface area contributed by atoms with Gasteiger partial charge >= 0.3 is 0 Å². The molecule has 6 nitrogen and oxygen atoms in total. The van der Waals surface area contributed by atoms with Crippen molar-refractivity contribution in [2.45, 2.75) is 25.5 Å². The molecule has 20 heavy (non-hydrogen) atoms. The Balaban J connectivity index is 2.43. The van der Waals surface area contributed by atoms with Crippen LogP contribution in [0.25, 0.3) is 0 Å². The van der Waals surface area contributed by atoms with E-state index in [0.717, 1.165) is 5.56 Å². The zero-order chi connectivity index (χ0) is 14.9. The van der Waals surface area contributed by atoms with E-state index in [1.54, 1.807) is 19.1 Å². The minimum atomic E-state index is -3.86. The van der Waals surface area contributed by atoms with Crippen LogP contribution in [0.2, 0.25) is 0 Å². The van der Waals surface area contributed by atoms with Gasteiger partial charge in [0, 0.05) is 15.7 Å². The number of benzene rings is 1. The summed E-state index contributed by atoms with van der Waals surface area (Å²) in [5.74, 6) is 0. The Morgan fingerprint density at radius 2 is 2.10 bits per heavy atom. The maximum absolute atomic E-state index is 12.3. The minimum Gasteiger partial charge on any atom is -0.392 e. The molecule has 0 amide bonds. The number of aromatic amines is 1. The fourth-order valence-corrected chi connectivity index (χ4v) is 3.49. The van der Waals surface area contributed by atoms with Gasteiger partial charge in [0.2, 0.25) is 5.03 Å². The summed E-state index contributed by atoms with van der Waals surface area (Å²) in [5, 5.41) is 15.4. The fraction of sp³-hybridized carbons (Fsp3) is 0.250. The van der Waals surface area contributed by atoms with E-state index in [2.05, 4.69) is 30.8 Å². The third kappa shape index (κ3) is 2.87. The van der Waals surface area contributed by atoms with Crippen LogP contribution in [-0.2, 0) is 16.6 Å². The molecule has 0 unspecified atom stereocenters. The van der Waals surface area contributed by atoms with E-state index in [4.69, 9.17) is 0 Å². The van der Waals surface area contributed by atoms with Crippen molar-refractivity contribution in [1.82, 2.24) is 10.2 Å². The Labute approximate surface area is 125 Å². The van der Waals surface area contributed by atoms with Crippen molar-refractivity contribution < 1.29 is 13.5 Å². The molecule has 0 spiro atoms. The number of rotatable bonds is 4. The predicted molar refractivity (Wildman–Crippen MR) is 78.9 cm³/mol. The lowest BCUT2D eigenvalue weighted by Gasteiger charge is -2.09. The lowest BCUT2D eigenvalue weighted by Crippen LogP contribution is -2.15. The Morgan fingerprint density at radius 3 is 2.75 bits per heavy atom. The monoisotopic (exact) mass is 359 g/mol. The molecule has 2 rings (SSSR count). The zero-order valence-corrected chi connectivity index (χ0v) is 13.3. The van der Waals surface area contributed by atoms with E-state index < -0.39 is 16.6 Å². The average molecular weight is 360 g/mol. The van der Waals surface area contributed by atoms with Crippen LogP contribution in [0.15, 0.2) is 27.7 Å². The van der Waals surface area contributed by atoms with E-state index in [0.29, 0.717) is 15.9 Å². The van der Waals surface area contributed by atoms with E-state index in [1.807, 2.05) is 13.0 Å². The maximum Gasteiger partial charge on any atom is 0.281 e. The number of aromatic nitrogens is 2. The van der Waals surface area contributed by atoms with Crippen molar-refractivity contribution >= 4 is 31.6 Å². The SMILES string of the molecule is Cc1ccc(Br)c(NS(=O)(=O)c2n[nH]c(C)c2CO)c1. The van der Waals surface area contributed by atoms with Crippen molar-refractivity contribution in [3.8, 4) is 0 Å². The van der Waals surface area contributed by atoms with Crippen LogP contribution in [0.1, 0.15) is 16.8 Å². The minimum absolute atomic E-state index is 0.189. The van der Waals surface area contributed by atoms with Gasteiger partial charge in [-0.25, -0.2) is 0 Å². The van der Waals surface area contributed by atoms with Gasteiger partial charge in [-0.3, -0.25) is 9.82 Å². The van der Waals surface area contributed by atoms with Crippen molar-refractivity contribution in [1.29, 1.82) is 0 Å². The first-order valence-corrected chi connectivity index (χ1v) is 8.06. The van der Waals surface area contributed by atoms with Gasteiger partial charge in [0.05, 0.1) is 12.3 Å². The number of anilines is 1. The number of aliphatic hydroxyl groups is 1. The highest BCUT2D eigenvalue weighted by atomic mass is 79.9. The molecule has 0 aliphatic carbocycles. The van der Waals surface area contributed by atoms with Gasteiger partial charge in [0.15, 0.2) is 0 Å². The highest BCUT2D eigenvalue weighted by Gasteiger charge is 2.24. The van der Waals surface area contributed by atoms with Crippen LogP contribution in [0, 0.1) is 13.8 Å². The second kappa shape index (κ2) is 5.55. The molecular formula is C12H14BrN3O3S. The summed E-state index contributed by atoms with van der Waals surface area (Å²) in [7, 11) is -3.86. The Bertz CT molecular complexity index is 740. The first-order valence-electron chi connectivity index (χ1n) is 5.79. The van der Waals surface area contributed by atoms with Gasteiger partial charge in [-0.2, -0.15) is 13.5 Å². The lowest BCUT2D eigenvalue weighted by molar-refractivity contribution is 0.277. The second-order valence-electron chi connectivity index (χ2n) is 4.38. The molecular weight excluding hydrogens is 346 g/mol. The molecule has 1 aromatic heterocycles. The number of hydrogen-bond donors (Lipinski definition) is 3. The first-order chi connectivity index (χ1) is 9.35. The Kier molecular flexibility index (Phi) is 4.17. The van der Waals surface area contributed by atoms with Gasteiger partial charge in [0.25, 0.3) is 10.0 Å². The van der Waals surface area contributed by atoms with Crippen LogP contribution in [-0.4, -0.2) is 23.7 Å². The van der Waals surface area contributed by atoms with Crippen LogP contribution < -0.4 is 4.72 Å². The molecule has 0 atom stereocenters. The molecule has 108 valence electrons. The van der Waals surface area contributed by atoms with E-state index in [-0.39, 0.29) is 10.6 Å². The lowest BCUT2D eigenvalue weighted by atomic mass is 10.2. The van der Waals surface area contributed by atoms with Crippen molar-refractivity contribution in [3.05, 3.63) is 39.5 Å². The number of halogens is 1. The summed E-state index contributed by atoms with van der Waals surface area (Å²) in [4.78, 5) is 0. The summed E-state index contributed by atoms with van der Waals surface area (Å²) in [6.45, 7) is 3.12. The summed E-state index contributed by atoms with van der Waals surface area (Å²) < 4.78 is 27.8. The largest absolute Gasteiger partial charge is 0.392 e. The van der Waals surface area contributed by atoms with Crippen LogP contribution in [0.3, 0.4) is 0 Å². The quantitative estimate of drug-likeness (QED) is 0.778. The number of H-pyrrole nitrogens is 1. The number of nitrogens with one attached hydrogen (secondary N) is 2. The normalized spacial score (nSPS) is 11.6. The van der Waals surface area contributed by atoms with Crippen molar-refractivity contribution in [2.24, 2.45) is 0 Å². The zero-order valence-electron chi connectivity index (χ0n) is 10.9. The molecule has 1 aromatic carbocycles. The molecule has 0 fully saturated rings. The second-order valence-corrected chi connectivity index (χ2v) is 6.83. The summed E-state index contributed by atoms with van der Waals surface area (Å²) >= 11 is 3.29. The number of hydrogen-bond acceptors (Lipinski definition) is 4. The number of nitrogens with zero attached hydrogens (tertiary/aromatic N) is 1. The first kappa shape index (κ1) is 15.0. The Morgan fingerprint density at radius 1 is 1.40 bits per heavy atom. The standard InChI is InChI=1S/C12H14BrN3O3S/c1-7-3-4-10(13)11(5-7)16-20(18,19)12-9(6-17)8(2)14-15-12/h3-5,16-17H,6H2,1-2H3,(H,14,15). The third-order valence-electron chi connectivity index (χ3n) is 2.81. The highest BCUT2D eigenvalue weighted by molar-refractivity contribution is 9.10. The molecule has 8 heteroatoms. The smallest absolute Gasteiger partial charge is 0.281 e. The van der Waals surface area contributed by atoms with Crippen LogP contribution in [0.5, 0.6) is 0 Å². The van der Waals surface area contributed by atoms with E-state index >= 15 is 0 Å². The molecule has 3 N–H and O–H groups in total. The molecule has 0 saturated heterocycles. The van der Waals surface area contributed by atoms with Gasteiger partial charge in [-0.05, 0) is 47.5 Å². The molecule has 1 heterocycles. The molecule has 0 aliphatic heterocycles. The van der Waals surface area contributed by atoms with Crippen LogP contribution in [0.4, 0.5) is 5.69 Å². The molecule has 0 aliphatic rings. The summed E-state index contributed by atoms with van der Waals surface area (Å²) in [6, 6.07) is 5.33. The van der Waals surface area contributed by atoms with Crippen molar-refractivity contribution in [2.75, 3.05) is 4.72 Å². The van der Waals surface area contributed by atoms with Crippen molar-refractivity contribution in [3.63, 3.8) is 0 Å². The number of aryl methyl sites for hydroxylation is 2. The molecule has 2 aromatic rings. The van der Waals surface area contributed by atoms with Gasteiger partial charge < -0.3 is 5.11 Å². The summed E-state index contributed by atoms with van der Waals surface area (Å²) in [6.07, 6.45) is 0. The Hall–Kier alpha value is -1.38. The van der Waals surface area contributed by atoms with Gasteiger partial charge in [-0.1, -0.05) is 6.07 Å². The predicted octanol–water partition coefficient (Wildman–Crippen LogP) is 2.08. The van der Waals surface area contributed by atoms with E-state index in [9.17, 15) is 13.5 Å². The summed E-state index contributed by atoms with van der Waals surface area (Å²) in [5.41, 5.74) is 2.14. The van der Waals surface area contributed by atoms with Gasteiger partial charge in [-0.15, -0.1) is 0 Å². The maximum atomic E-state index is 12.3. The van der Waals surface area contributed by atoms with Gasteiger partial charge in [0.1, 0.15) is 0 Å². The number of aliphatic hydroxyl groups excluding tert-OH is 1.